The second-order valence-electron chi connectivity index (χ2n) is 6.35. The van der Waals surface area contributed by atoms with Crippen LogP contribution in [-0.2, 0) is 10.0 Å². The molecule has 1 amide bonds. The van der Waals surface area contributed by atoms with Gasteiger partial charge in [0.15, 0.2) is 5.78 Å². The van der Waals surface area contributed by atoms with Gasteiger partial charge in [0.1, 0.15) is 4.90 Å². The molecule has 3 aromatic carbocycles. The molecule has 0 fully saturated rings. The third-order valence-electron chi connectivity index (χ3n) is 4.09. The first kappa shape index (κ1) is 21.8. The summed E-state index contributed by atoms with van der Waals surface area (Å²) in [5.74, 6) is -0.584. The van der Waals surface area contributed by atoms with Crippen molar-refractivity contribution < 1.29 is 18.0 Å². The van der Waals surface area contributed by atoms with Gasteiger partial charge in [-0.1, -0.05) is 41.4 Å². The lowest BCUT2D eigenvalue weighted by atomic mass is 10.1. The van der Waals surface area contributed by atoms with E-state index in [0.717, 1.165) is 0 Å². The number of Topliss-reactive ketones (excluding diaryl/α,β-unsaturated/α-hetero) is 1. The number of sulfonamides is 1. The predicted molar refractivity (Wildman–Crippen MR) is 118 cm³/mol. The van der Waals surface area contributed by atoms with Crippen LogP contribution in [0.15, 0.2) is 71.6 Å². The molecule has 0 aliphatic heterocycles. The highest BCUT2D eigenvalue weighted by molar-refractivity contribution is 7.92. The van der Waals surface area contributed by atoms with E-state index in [9.17, 15) is 18.0 Å². The van der Waals surface area contributed by atoms with E-state index in [1.54, 1.807) is 30.3 Å². The number of amides is 1. The Morgan fingerprint density at radius 2 is 1.47 bits per heavy atom. The van der Waals surface area contributed by atoms with Gasteiger partial charge in [0.05, 0.1) is 5.02 Å². The Balaban J connectivity index is 1.82. The van der Waals surface area contributed by atoms with Crippen LogP contribution in [0, 0.1) is 0 Å². The number of benzene rings is 3. The predicted octanol–water partition coefficient (Wildman–Crippen LogP) is 5.25. The molecule has 154 valence electrons. The molecule has 0 saturated carbocycles. The van der Waals surface area contributed by atoms with Gasteiger partial charge in [-0.2, -0.15) is 0 Å². The topological polar surface area (TPSA) is 92.3 Å². The second kappa shape index (κ2) is 8.87. The van der Waals surface area contributed by atoms with Gasteiger partial charge in [0.25, 0.3) is 15.9 Å². The Bertz CT molecular complexity index is 1240. The molecule has 2 N–H and O–H groups in total. The van der Waals surface area contributed by atoms with Crippen molar-refractivity contribution >= 4 is 56.3 Å². The van der Waals surface area contributed by atoms with Crippen LogP contribution in [-0.4, -0.2) is 20.1 Å². The lowest BCUT2D eigenvalue weighted by molar-refractivity contribution is 0.101. The highest BCUT2D eigenvalue weighted by Crippen LogP contribution is 2.27. The van der Waals surface area contributed by atoms with Crippen LogP contribution >= 0.6 is 23.2 Å². The summed E-state index contributed by atoms with van der Waals surface area (Å²) in [5.41, 5.74) is 1.31. The summed E-state index contributed by atoms with van der Waals surface area (Å²) in [6.45, 7) is 1.43. The molecule has 30 heavy (non-hydrogen) atoms. The van der Waals surface area contributed by atoms with Gasteiger partial charge in [-0.15, -0.1) is 0 Å². The largest absolute Gasteiger partial charge is 0.322 e. The summed E-state index contributed by atoms with van der Waals surface area (Å²) in [7, 11) is -4.02. The van der Waals surface area contributed by atoms with Crippen LogP contribution < -0.4 is 10.0 Å². The van der Waals surface area contributed by atoms with Crippen LogP contribution in [0.4, 0.5) is 11.4 Å². The van der Waals surface area contributed by atoms with Crippen molar-refractivity contribution in [2.45, 2.75) is 11.8 Å². The van der Waals surface area contributed by atoms with E-state index >= 15 is 0 Å². The Morgan fingerprint density at radius 3 is 2.17 bits per heavy atom. The number of hydrogen-bond acceptors (Lipinski definition) is 4. The van der Waals surface area contributed by atoms with Gasteiger partial charge in [0.2, 0.25) is 0 Å². The van der Waals surface area contributed by atoms with Crippen LogP contribution in [0.1, 0.15) is 27.6 Å². The van der Waals surface area contributed by atoms with E-state index in [2.05, 4.69) is 10.0 Å². The number of hydrogen-bond donors (Lipinski definition) is 2. The van der Waals surface area contributed by atoms with Gasteiger partial charge in [-0.25, -0.2) is 8.42 Å². The maximum Gasteiger partial charge on any atom is 0.263 e. The summed E-state index contributed by atoms with van der Waals surface area (Å²) in [6, 6.07) is 16.6. The molecule has 0 atom stereocenters. The monoisotopic (exact) mass is 462 g/mol. The summed E-state index contributed by atoms with van der Waals surface area (Å²) in [6.07, 6.45) is 0. The minimum absolute atomic E-state index is 0.0196. The number of carbonyl (C=O) groups is 2. The van der Waals surface area contributed by atoms with Crippen molar-refractivity contribution in [2.75, 3.05) is 10.0 Å². The smallest absolute Gasteiger partial charge is 0.263 e. The summed E-state index contributed by atoms with van der Waals surface area (Å²) < 4.78 is 27.7. The molecule has 3 aromatic rings. The number of anilines is 2. The maximum absolute atomic E-state index is 12.7. The number of nitrogens with one attached hydrogen (secondary N) is 2. The fourth-order valence-electron chi connectivity index (χ4n) is 2.64. The van der Waals surface area contributed by atoms with Crippen molar-refractivity contribution in [1.82, 2.24) is 0 Å². The first-order valence-electron chi connectivity index (χ1n) is 8.66. The molecule has 3 rings (SSSR count). The first-order valence-corrected chi connectivity index (χ1v) is 10.9. The maximum atomic E-state index is 12.7. The van der Waals surface area contributed by atoms with E-state index in [1.807, 2.05) is 0 Å². The highest BCUT2D eigenvalue weighted by atomic mass is 35.5. The molecule has 0 bridgehead atoms. The van der Waals surface area contributed by atoms with E-state index in [0.29, 0.717) is 11.3 Å². The second-order valence-corrected chi connectivity index (χ2v) is 8.85. The van der Waals surface area contributed by atoms with E-state index < -0.39 is 15.9 Å². The van der Waals surface area contributed by atoms with E-state index in [-0.39, 0.29) is 32.0 Å². The van der Waals surface area contributed by atoms with E-state index in [4.69, 9.17) is 23.2 Å². The molecule has 0 heterocycles. The third kappa shape index (κ3) is 5.18. The highest BCUT2D eigenvalue weighted by Gasteiger charge is 2.19. The zero-order valence-electron chi connectivity index (χ0n) is 15.6. The minimum atomic E-state index is -4.02. The van der Waals surface area contributed by atoms with Gasteiger partial charge < -0.3 is 5.32 Å². The zero-order chi connectivity index (χ0) is 21.9. The summed E-state index contributed by atoms with van der Waals surface area (Å²) >= 11 is 11.9. The van der Waals surface area contributed by atoms with Crippen LogP contribution in [0.5, 0.6) is 0 Å². The quantitative estimate of drug-likeness (QED) is 0.489. The standard InChI is InChI=1S/C21H16Cl2N2O4S/c1-13(26)14-4-2-6-17(10-14)24-21(27)15-5-3-7-18(11-15)25-30(28,29)20-12-16(22)8-9-19(20)23/h2-12,25H,1H3,(H,24,27). The lowest BCUT2D eigenvalue weighted by Gasteiger charge is -2.11. The van der Waals surface area contributed by atoms with Gasteiger partial charge >= 0.3 is 0 Å². The van der Waals surface area contributed by atoms with Crippen molar-refractivity contribution in [3.63, 3.8) is 0 Å². The Hall–Kier alpha value is -2.87. The third-order valence-corrected chi connectivity index (χ3v) is 6.18. The summed E-state index contributed by atoms with van der Waals surface area (Å²) in [4.78, 5) is 23.9. The Kier molecular flexibility index (Phi) is 6.45. The molecular formula is C21H16Cl2N2O4S. The van der Waals surface area contributed by atoms with Crippen LogP contribution in [0.25, 0.3) is 0 Å². The molecule has 9 heteroatoms. The molecule has 0 aliphatic carbocycles. The Labute approximate surface area is 183 Å². The molecule has 0 aromatic heterocycles. The normalized spacial score (nSPS) is 11.0. The fraction of sp³-hybridized carbons (Fsp3) is 0.0476. The average molecular weight is 463 g/mol. The lowest BCUT2D eigenvalue weighted by Crippen LogP contribution is -2.15. The molecule has 0 aliphatic rings. The molecule has 0 spiro atoms. The van der Waals surface area contributed by atoms with Crippen molar-refractivity contribution in [1.29, 1.82) is 0 Å². The van der Waals surface area contributed by atoms with Crippen LogP contribution in [0.2, 0.25) is 10.0 Å². The van der Waals surface area contributed by atoms with Crippen molar-refractivity contribution in [3.8, 4) is 0 Å². The van der Waals surface area contributed by atoms with Crippen molar-refractivity contribution in [3.05, 3.63) is 87.9 Å². The van der Waals surface area contributed by atoms with Gasteiger partial charge in [-0.3, -0.25) is 14.3 Å². The first-order chi connectivity index (χ1) is 14.2. The molecular weight excluding hydrogens is 447 g/mol. The Morgan fingerprint density at radius 1 is 0.833 bits per heavy atom. The van der Waals surface area contributed by atoms with Crippen molar-refractivity contribution in [2.24, 2.45) is 0 Å². The molecule has 6 nitrogen and oxygen atoms in total. The zero-order valence-corrected chi connectivity index (χ0v) is 18.0. The number of rotatable bonds is 6. The molecule has 0 unspecified atom stereocenters. The SMILES string of the molecule is CC(=O)c1cccc(NC(=O)c2cccc(NS(=O)(=O)c3cc(Cl)ccc3Cl)c2)c1. The molecule has 0 radical (unpaired) electrons. The average Bonchev–Trinajstić information content (AvgIpc) is 2.69. The number of carbonyl (C=O) groups excluding carboxylic acids is 2. The van der Waals surface area contributed by atoms with Crippen LogP contribution in [0.3, 0.4) is 0 Å². The fourth-order valence-corrected chi connectivity index (χ4v) is 4.45. The molecule has 0 saturated heterocycles. The summed E-state index contributed by atoms with van der Waals surface area (Å²) in [5, 5.41) is 2.93. The van der Waals surface area contributed by atoms with E-state index in [1.165, 1.54) is 43.3 Å². The van der Waals surface area contributed by atoms with Gasteiger partial charge in [0, 0.05) is 27.5 Å². The minimum Gasteiger partial charge on any atom is -0.322 e. The van der Waals surface area contributed by atoms with Gasteiger partial charge in [-0.05, 0) is 55.5 Å². The number of halogens is 2. The number of ketones is 1.